The van der Waals surface area contributed by atoms with E-state index in [1.54, 1.807) is 0 Å². The predicted molar refractivity (Wildman–Crippen MR) is 87.4 cm³/mol. The lowest BCUT2D eigenvalue weighted by Crippen LogP contribution is -2.37. The van der Waals surface area contributed by atoms with Crippen molar-refractivity contribution < 1.29 is 18.3 Å². The Hall–Kier alpha value is -1.57. The highest BCUT2D eigenvalue weighted by Crippen LogP contribution is 2.25. The molecule has 2 heterocycles. The summed E-state index contributed by atoms with van der Waals surface area (Å²) in [6, 6.07) is 6.74. The second-order valence-corrected chi connectivity index (χ2v) is 6.38. The van der Waals surface area contributed by atoms with Gasteiger partial charge in [-0.3, -0.25) is 15.0 Å². The normalized spacial score (nSPS) is 24.0. The molecule has 0 radical (unpaired) electrons. The van der Waals surface area contributed by atoms with Crippen molar-refractivity contribution in [3.8, 4) is 0 Å². The molecule has 1 unspecified atom stereocenters. The van der Waals surface area contributed by atoms with E-state index < -0.39 is 30.8 Å². The highest BCUT2D eigenvalue weighted by atomic mass is 19.3. The van der Waals surface area contributed by atoms with Crippen molar-refractivity contribution in [2.75, 3.05) is 44.7 Å². The van der Waals surface area contributed by atoms with Crippen molar-refractivity contribution in [1.29, 1.82) is 0 Å². The minimum Gasteiger partial charge on any atom is -0.379 e. The van der Waals surface area contributed by atoms with Crippen LogP contribution in [0.1, 0.15) is 12.0 Å². The van der Waals surface area contributed by atoms with Crippen LogP contribution < -0.4 is 10.6 Å². The monoisotopic (exact) mass is 339 g/mol. The summed E-state index contributed by atoms with van der Waals surface area (Å²) in [7, 11) is 0. The molecule has 0 aromatic heterocycles. The molecule has 0 bridgehead atoms. The van der Waals surface area contributed by atoms with Gasteiger partial charge in [0.25, 0.3) is 5.92 Å². The number of alkyl halides is 2. The van der Waals surface area contributed by atoms with E-state index in [0.29, 0.717) is 5.69 Å². The topological polar surface area (TPSA) is 53.6 Å². The standard InChI is InChI=1S/C17H23F2N3O2/c18-17(19)11-15(20-12-17)16(23)21-14-3-1-13(2-4-14)5-6-22-7-9-24-10-8-22/h1-4,15,20H,5-12H2,(H,21,23). The molecule has 3 rings (SSSR count). The molecule has 1 amide bonds. The van der Waals surface area contributed by atoms with Crippen LogP contribution in [0.2, 0.25) is 0 Å². The smallest absolute Gasteiger partial charge is 0.262 e. The number of nitrogens with zero attached hydrogens (tertiary/aromatic N) is 1. The Kier molecular flexibility index (Phi) is 5.43. The molecule has 2 aliphatic rings. The number of carbonyl (C=O) groups excluding carboxylic acids is 1. The number of benzene rings is 1. The first-order chi connectivity index (χ1) is 11.5. The lowest BCUT2D eigenvalue weighted by atomic mass is 10.1. The van der Waals surface area contributed by atoms with Crippen molar-refractivity contribution in [2.45, 2.75) is 24.8 Å². The van der Waals surface area contributed by atoms with Gasteiger partial charge in [0.1, 0.15) is 0 Å². The zero-order valence-corrected chi connectivity index (χ0v) is 13.6. The molecule has 0 aliphatic carbocycles. The summed E-state index contributed by atoms with van der Waals surface area (Å²) in [6.07, 6.45) is 0.487. The highest BCUT2D eigenvalue weighted by molar-refractivity contribution is 5.95. The van der Waals surface area contributed by atoms with Gasteiger partial charge in [-0.05, 0) is 24.1 Å². The summed E-state index contributed by atoms with van der Waals surface area (Å²) in [4.78, 5) is 14.4. The third kappa shape index (κ3) is 4.72. The zero-order chi connectivity index (χ0) is 17.0. The van der Waals surface area contributed by atoms with E-state index >= 15 is 0 Å². The molecule has 2 fully saturated rings. The number of hydrogen-bond acceptors (Lipinski definition) is 4. The van der Waals surface area contributed by atoms with Crippen molar-refractivity contribution >= 4 is 11.6 Å². The molecule has 0 spiro atoms. The minimum atomic E-state index is -2.80. The number of anilines is 1. The number of rotatable bonds is 5. The predicted octanol–water partition coefficient (Wildman–Crippen LogP) is 1.50. The zero-order valence-electron chi connectivity index (χ0n) is 13.6. The van der Waals surface area contributed by atoms with Gasteiger partial charge in [-0.2, -0.15) is 0 Å². The molecule has 0 saturated carbocycles. The first-order valence-electron chi connectivity index (χ1n) is 8.33. The number of ether oxygens (including phenoxy) is 1. The molecule has 2 N–H and O–H groups in total. The third-order valence-electron chi connectivity index (χ3n) is 4.47. The van der Waals surface area contributed by atoms with Crippen LogP contribution in [0.4, 0.5) is 14.5 Å². The Morgan fingerprint density at radius 3 is 2.62 bits per heavy atom. The Balaban J connectivity index is 1.46. The maximum atomic E-state index is 13.1. The summed E-state index contributed by atoms with van der Waals surface area (Å²) in [5.74, 6) is -3.21. The maximum absolute atomic E-state index is 13.1. The van der Waals surface area contributed by atoms with E-state index in [1.807, 2.05) is 24.3 Å². The maximum Gasteiger partial charge on any atom is 0.262 e. The summed E-state index contributed by atoms with van der Waals surface area (Å²) < 4.78 is 31.6. The van der Waals surface area contributed by atoms with Gasteiger partial charge in [0.2, 0.25) is 5.91 Å². The average molecular weight is 339 g/mol. The molecule has 1 atom stereocenters. The number of nitrogens with one attached hydrogen (secondary N) is 2. The number of carbonyl (C=O) groups is 1. The summed E-state index contributed by atoms with van der Waals surface area (Å²) in [5.41, 5.74) is 1.82. The fourth-order valence-electron chi connectivity index (χ4n) is 3.00. The third-order valence-corrected chi connectivity index (χ3v) is 4.47. The Morgan fingerprint density at radius 2 is 2.00 bits per heavy atom. The van der Waals surface area contributed by atoms with E-state index in [9.17, 15) is 13.6 Å². The lowest BCUT2D eigenvalue weighted by molar-refractivity contribution is -0.118. The fourth-order valence-corrected chi connectivity index (χ4v) is 3.00. The van der Waals surface area contributed by atoms with Crippen LogP contribution in [0, 0.1) is 0 Å². The van der Waals surface area contributed by atoms with Crippen molar-refractivity contribution in [1.82, 2.24) is 10.2 Å². The van der Waals surface area contributed by atoms with Gasteiger partial charge in [-0.15, -0.1) is 0 Å². The van der Waals surface area contributed by atoms with Crippen LogP contribution in [-0.4, -0.2) is 62.2 Å². The largest absolute Gasteiger partial charge is 0.379 e. The number of halogens is 2. The van der Waals surface area contributed by atoms with Gasteiger partial charge in [0.05, 0.1) is 25.8 Å². The van der Waals surface area contributed by atoms with Crippen LogP contribution in [-0.2, 0) is 16.0 Å². The molecule has 132 valence electrons. The van der Waals surface area contributed by atoms with Gasteiger partial charge < -0.3 is 10.1 Å². The van der Waals surface area contributed by atoms with E-state index in [0.717, 1.165) is 39.3 Å². The molecular formula is C17H23F2N3O2. The Morgan fingerprint density at radius 1 is 1.29 bits per heavy atom. The van der Waals surface area contributed by atoms with E-state index in [4.69, 9.17) is 4.74 Å². The quantitative estimate of drug-likeness (QED) is 0.854. The van der Waals surface area contributed by atoms with Gasteiger partial charge in [0.15, 0.2) is 0 Å². The lowest BCUT2D eigenvalue weighted by Gasteiger charge is -2.26. The molecule has 1 aromatic rings. The van der Waals surface area contributed by atoms with Gasteiger partial charge >= 0.3 is 0 Å². The fraction of sp³-hybridized carbons (Fsp3) is 0.588. The van der Waals surface area contributed by atoms with Crippen molar-refractivity contribution in [3.05, 3.63) is 29.8 Å². The second-order valence-electron chi connectivity index (χ2n) is 6.38. The Labute approximate surface area is 140 Å². The first-order valence-corrected chi connectivity index (χ1v) is 8.33. The molecular weight excluding hydrogens is 316 g/mol. The number of amides is 1. The Bertz CT molecular complexity index is 559. The number of morpholine rings is 1. The molecule has 2 saturated heterocycles. The second kappa shape index (κ2) is 7.55. The van der Waals surface area contributed by atoms with Gasteiger partial charge in [-0.25, -0.2) is 8.78 Å². The molecule has 1 aromatic carbocycles. The van der Waals surface area contributed by atoms with Crippen LogP contribution in [0.15, 0.2) is 24.3 Å². The van der Waals surface area contributed by atoms with Gasteiger partial charge in [-0.1, -0.05) is 12.1 Å². The minimum absolute atomic E-state index is 0.409. The molecule has 2 aliphatic heterocycles. The molecule has 5 nitrogen and oxygen atoms in total. The van der Waals surface area contributed by atoms with E-state index in [-0.39, 0.29) is 0 Å². The van der Waals surface area contributed by atoms with Crippen molar-refractivity contribution in [3.63, 3.8) is 0 Å². The van der Waals surface area contributed by atoms with E-state index in [2.05, 4.69) is 15.5 Å². The van der Waals surface area contributed by atoms with Crippen molar-refractivity contribution in [2.24, 2.45) is 0 Å². The highest BCUT2D eigenvalue weighted by Gasteiger charge is 2.42. The average Bonchev–Trinajstić information content (AvgIpc) is 2.95. The molecule has 24 heavy (non-hydrogen) atoms. The first kappa shape index (κ1) is 17.3. The van der Waals surface area contributed by atoms with Crippen LogP contribution in [0.25, 0.3) is 0 Å². The summed E-state index contributed by atoms with van der Waals surface area (Å²) >= 11 is 0. The van der Waals surface area contributed by atoms with E-state index in [1.165, 1.54) is 5.56 Å². The summed E-state index contributed by atoms with van der Waals surface area (Å²) in [6.45, 7) is 4.06. The number of hydrogen-bond donors (Lipinski definition) is 2. The molecule has 7 heteroatoms. The van der Waals surface area contributed by atoms with Crippen LogP contribution in [0.5, 0.6) is 0 Å². The summed E-state index contributed by atoms with van der Waals surface area (Å²) in [5, 5.41) is 5.25. The van der Waals surface area contributed by atoms with Gasteiger partial charge in [0, 0.05) is 31.7 Å². The van der Waals surface area contributed by atoms with Crippen LogP contribution >= 0.6 is 0 Å². The SMILES string of the molecule is O=C(Nc1ccc(CCN2CCOCC2)cc1)C1CC(F)(F)CN1. The van der Waals surface area contributed by atoms with Crippen LogP contribution in [0.3, 0.4) is 0 Å².